The molecule has 1 aliphatic rings. The number of carbonyl (C=O) groups is 1. The quantitative estimate of drug-likeness (QED) is 0.419. The highest BCUT2D eigenvalue weighted by molar-refractivity contribution is 5.90. The van der Waals surface area contributed by atoms with Crippen molar-refractivity contribution in [1.82, 2.24) is 10.3 Å². The van der Waals surface area contributed by atoms with Crippen molar-refractivity contribution in [2.45, 2.75) is 32.6 Å². The van der Waals surface area contributed by atoms with Crippen LogP contribution in [-0.4, -0.2) is 24.4 Å². The molecule has 4 rings (SSSR count). The number of nitrogens with zero attached hydrogens (tertiary/aromatic N) is 1. The van der Waals surface area contributed by atoms with E-state index >= 15 is 0 Å². The molecule has 1 aromatic heterocycles. The molecule has 0 fully saturated rings. The normalized spacial score (nSPS) is 13.7. The van der Waals surface area contributed by atoms with Crippen molar-refractivity contribution in [2.24, 2.45) is 5.92 Å². The van der Waals surface area contributed by atoms with Gasteiger partial charge in [0, 0.05) is 24.2 Å². The zero-order valence-electron chi connectivity index (χ0n) is 20.3. The Bertz CT molecular complexity index is 1170. The van der Waals surface area contributed by atoms with Crippen LogP contribution in [-0.2, 0) is 21.3 Å². The fraction of sp³-hybridized carbons (Fsp3) is 0.286. The number of pyridine rings is 1. The van der Waals surface area contributed by atoms with E-state index < -0.39 is 0 Å². The SMILES string of the molecule is CC(C)(C)c1ccccc1Oc1ncccc1NC(=O)NCC(Cc1ccccc1)C1=COCO1. The van der Waals surface area contributed by atoms with Crippen molar-refractivity contribution >= 4 is 11.7 Å². The molecule has 2 aromatic carbocycles. The summed E-state index contributed by atoms with van der Waals surface area (Å²) < 4.78 is 17.0. The lowest BCUT2D eigenvalue weighted by molar-refractivity contribution is 0.0706. The van der Waals surface area contributed by atoms with Crippen molar-refractivity contribution in [3.63, 3.8) is 0 Å². The zero-order chi connectivity index (χ0) is 24.7. The summed E-state index contributed by atoms with van der Waals surface area (Å²) in [4.78, 5) is 17.2. The lowest BCUT2D eigenvalue weighted by atomic mass is 9.86. The van der Waals surface area contributed by atoms with E-state index in [0.29, 0.717) is 30.3 Å². The highest BCUT2D eigenvalue weighted by Crippen LogP contribution is 2.35. The third-order valence-electron chi connectivity index (χ3n) is 5.65. The number of para-hydroxylation sites is 1. The van der Waals surface area contributed by atoms with Gasteiger partial charge < -0.3 is 24.8 Å². The van der Waals surface area contributed by atoms with E-state index in [-0.39, 0.29) is 24.2 Å². The third-order valence-corrected chi connectivity index (χ3v) is 5.65. The summed E-state index contributed by atoms with van der Waals surface area (Å²) in [7, 11) is 0. The van der Waals surface area contributed by atoms with Crippen molar-refractivity contribution in [3.8, 4) is 11.6 Å². The van der Waals surface area contributed by atoms with Gasteiger partial charge in [0.15, 0.2) is 0 Å². The Balaban J connectivity index is 1.43. The van der Waals surface area contributed by atoms with Gasteiger partial charge in [0.05, 0.1) is 0 Å². The van der Waals surface area contributed by atoms with Gasteiger partial charge in [0.25, 0.3) is 0 Å². The fourth-order valence-corrected chi connectivity index (χ4v) is 3.87. The Morgan fingerprint density at radius 2 is 1.83 bits per heavy atom. The number of ether oxygens (including phenoxy) is 3. The van der Waals surface area contributed by atoms with Gasteiger partial charge in [-0.05, 0) is 35.6 Å². The minimum Gasteiger partial charge on any atom is -0.462 e. The number of rotatable bonds is 8. The molecule has 35 heavy (non-hydrogen) atoms. The van der Waals surface area contributed by atoms with E-state index in [9.17, 15) is 4.79 Å². The molecule has 7 heteroatoms. The molecule has 0 aliphatic carbocycles. The second kappa shape index (κ2) is 11.0. The predicted octanol–water partition coefficient (Wildman–Crippen LogP) is 6.00. The van der Waals surface area contributed by atoms with Crippen LogP contribution in [0.4, 0.5) is 10.5 Å². The molecule has 0 spiro atoms. The minimum atomic E-state index is -0.357. The summed E-state index contributed by atoms with van der Waals surface area (Å²) in [6.45, 7) is 6.94. The second-order valence-corrected chi connectivity index (χ2v) is 9.38. The van der Waals surface area contributed by atoms with Crippen LogP contribution >= 0.6 is 0 Å². The van der Waals surface area contributed by atoms with Crippen LogP contribution in [0.25, 0.3) is 0 Å². The number of benzene rings is 2. The molecule has 2 heterocycles. The fourth-order valence-electron chi connectivity index (χ4n) is 3.87. The van der Waals surface area contributed by atoms with E-state index in [4.69, 9.17) is 14.2 Å². The summed E-state index contributed by atoms with van der Waals surface area (Å²) in [5.41, 5.74) is 2.58. The maximum absolute atomic E-state index is 12.8. The Morgan fingerprint density at radius 1 is 1.06 bits per heavy atom. The van der Waals surface area contributed by atoms with Gasteiger partial charge in [-0.2, -0.15) is 0 Å². The molecule has 3 aromatic rings. The van der Waals surface area contributed by atoms with Crippen molar-refractivity contribution in [1.29, 1.82) is 0 Å². The monoisotopic (exact) mass is 473 g/mol. The van der Waals surface area contributed by atoms with Gasteiger partial charge in [-0.15, -0.1) is 0 Å². The highest BCUT2D eigenvalue weighted by Gasteiger charge is 2.23. The molecule has 0 radical (unpaired) electrons. The van der Waals surface area contributed by atoms with Gasteiger partial charge >= 0.3 is 6.03 Å². The van der Waals surface area contributed by atoms with Crippen LogP contribution in [0.15, 0.2) is 84.9 Å². The number of anilines is 1. The average molecular weight is 474 g/mol. The minimum absolute atomic E-state index is 0.0612. The highest BCUT2D eigenvalue weighted by atomic mass is 16.7. The topological polar surface area (TPSA) is 81.7 Å². The van der Waals surface area contributed by atoms with Crippen molar-refractivity contribution < 1.29 is 19.0 Å². The standard InChI is InChI=1S/C28H31N3O4/c1-28(2,3)22-12-7-8-14-24(22)35-26-23(13-9-15-29-26)31-27(32)30-17-21(25-18-33-19-34-25)16-20-10-5-4-6-11-20/h4-15,18,21H,16-17,19H2,1-3H3,(H2,30,31,32). The molecule has 0 saturated heterocycles. The molecule has 182 valence electrons. The Hall–Kier alpha value is -4.00. The van der Waals surface area contributed by atoms with Crippen molar-refractivity contribution in [2.75, 3.05) is 18.7 Å². The summed E-state index contributed by atoms with van der Waals surface area (Å²) in [6, 6.07) is 21.1. The predicted molar refractivity (Wildman–Crippen MR) is 135 cm³/mol. The number of aromatic nitrogens is 1. The Morgan fingerprint density at radius 3 is 2.57 bits per heavy atom. The van der Waals surface area contributed by atoms with Gasteiger partial charge in [0.1, 0.15) is 23.5 Å². The van der Waals surface area contributed by atoms with E-state index in [1.165, 1.54) is 0 Å². The lowest BCUT2D eigenvalue weighted by Gasteiger charge is -2.23. The van der Waals surface area contributed by atoms with E-state index in [2.05, 4.69) is 48.5 Å². The molecule has 0 bridgehead atoms. The number of carbonyl (C=O) groups excluding carboxylic acids is 1. The van der Waals surface area contributed by atoms with Crippen LogP contribution in [0.3, 0.4) is 0 Å². The number of hydrogen-bond donors (Lipinski definition) is 2. The summed E-state index contributed by atoms with van der Waals surface area (Å²) in [5, 5.41) is 5.82. The Kier molecular flexibility index (Phi) is 7.55. The second-order valence-electron chi connectivity index (χ2n) is 9.38. The van der Waals surface area contributed by atoms with Crippen molar-refractivity contribution in [3.05, 3.63) is 96.1 Å². The molecule has 2 N–H and O–H groups in total. The van der Waals surface area contributed by atoms with Gasteiger partial charge in [-0.3, -0.25) is 0 Å². The first kappa shape index (κ1) is 24.1. The van der Waals surface area contributed by atoms with Crippen LogP contribution in [0.2, 0.25) is 0 Å². The molecule has 1 atom stereocenters. The van der Waals surface area contributed by atoms with Gasteiger partial charge in [-0.1, -0.05) is 69.3 Å². The molecule has 0 saturated carbocycles. The number of amides is 2. The summed E-state index contributed by atoms with van der Waals surface area (Å²) in [6.07, 6.45) is 3.96. The molecule has 1 aliphatic heterocycles. The van der Waals surface area contributed by atoms with Crippen LogP contribution < -0.4 is 15.4 Å². The first-order valence-electron chi connectivity index (χ1n) is 11.7. The third kappa shape index (κ3) is 6.53. The molecular weight excluding hydrogens is 442 g/mol. The lowest BCUT2D eigenvalue weighted by Crippen LogP contribution is -2.34. The summed E-state index contributed by atoms with van der Waals surface area (Å²) in [5.74, 6) is 1.69. The van der Waals surface area contributed by atoms with Crippen LogP contribution in [0.5, 0.6) is 11.6 Å². The molecular formula is C28H31N3O4. The van der Waals surface area contributed by atoms with E-state index in [1.807, 2.05) is 42.5 Å². The largest absolute Gasteiger partial charge is 0.462 e. The maximum atomic E-state index is 12.8. The maximum Gasteiger partial charge on any atom is 0.319 e. The number of urea groups is 1. The molecule has 1 unspecified atom stereocenters. The van der Waals surface area contributed by atoms with Gasteiger partial charge in [0.2, 0.25) is 12.7 Å². The average Bonchev–Trinajstić information content (AvgIpc) is 3.38. The molecule has 7 nitrogen and oxygen atoms in total. The first-order chi connectivity index (χ1) is 16.9. The summed E-state index contributed by atoms with van der Waals surface area (Å²) >= 11 is 0. The number of nitrogens with one attached hydrogen (secondary N) is 2. The first-order valence-corrected chi connectivity index (χ1v) is 11.7. The van der Waals surface area contributed by atoms with E-state index in [0.717, 1.165) is 16.9 Å². The number of hydrogen-bond acceptors (Lipinski definition) is 5. The van der Waals surface area contributed by atoms with E-state index in [1.54, 1.807) is 24.6 Å². The zero-order valence-corrected chi connectivity index (χ0v) is 20.3. The smallest absolute Gasteiger partial charge is 0.319 e. The van der Waals surface area contributed by atoms with Gasteiger partial charge in [-0.25, -0.2) is 9.78 Å². The van der Waals surface area contributed by atoms with Crippen LogP contribution in [0.1, 0.15) is 31.9 Å². The molecule has 2 amide bonds. The Labute approximate surface area is 206 Å². The van der Waals surface area contributed by atoms with Crippen LogP contribution in [0, 0.1) is 5.92 Å².